The third kappa shape index (κ3) is 3.66. The monoisotopic (exact) mass is 290 g/mol. The average Bonchev–Trinajstić information content (AvgIpc) is 2.43. The minimum absolute atomic E-state index is 0.0934. The number of carbonyl (C=O) groups is 1. The van der Waals surface area contributed by atoms with Gasteiger partial charge in [0.2, 0.25) is 0 Å². The first kappa shape index (κ1) is 15.2. The zero-order valence-corrected chi connectivity index (χ0v) is 11.9. The van der Waals surface area contributed by atoms with E-state index < -0.39 is 11.6 Å². The lowest BCUT2D eigenvalue weighted by Crippen LogP contribution is -2.12. The van der Waals surface area contributed by atoms with E-state index in [9.17, 15) is 13.6 Å². The molecule has 2 rings (SSSR count). The molecular formula is C17H16F2O2. The lowest BCUT2D eigenvalue weighted by atomic mass is 10.0. The molecule has 110 valence electrons. The van der Waals surface area contributed by atoms with Crippen molar-refractivity contribution in [2.45, 2.75) is 26.4 Å². The Kier molecular flexibility index (Phi) is 4.68. The molecule has 2 aromatic carbocycles. The highest BCUT2D eigenvalue weighted by Gasteiger charge is 2.17. The summed E-state index contributed by atoms with van der Waals surface area (Å²) < 4.78 is 32.8. The van der Waals surface area contributed by atoms with Gasteiger partial charge in [0.15, 0.2) is 5.78 Å². The molecule has 0 bridgehead atoms. The predicted octanol–water partition coefficient (Wildman–Crippen LogP) is 4.18. The highest BCUT2D eigenvalue weighted by atomic mass is 19.1. The Labute approximate surface area is 122 Å². The van der Waals surface area contributed by atoms with Crippen LogP contribution < -0.4 is 4.74 Å². The first-order chi connectivity index (χ1) is 9.99. The van der Waals surface area contributed by atoms with Crippen LogP contribution in [-0.2, 0) is 6.42 Å². The Morgan fingerprint density at radius 3 is 2.29 bits per heavy atom. The zero-order valence-electron chi connectivity index (χ0n) is 11.9. The smallest absolute Gasteiger partial charge is 0.171 e. The van der Waals surface area contributed by atoms with Gasteiger partial charge in [0, 0.05) is 12.0 Å². The molecule has 0 atom stereocenters. The Bertz CT molecular complexity index is 631. The second kappa shape index (κ2) is 6.48. The van der Waals surface area contributed by atoms with Gasteiger partial charge in [-0.15, -0.1) is 0 Å². The minimum Gasteiger partial charge on any atom is -0.490 e. The number of carbonyl (C=O) groups excluding carboxylic acids is 1. The number of hydrogen-bond acceptors (Lipinski definition) is 2. The van der Waals surface area contributed by atoms with Crippen molar-refractivity contribution in [2.24, 2.45) is 0 Å². The fourth-order valence-electron chi connectivity index (χ4n) is 2.01. The lowest BCUT2D eigenvalue weighted by Gasteiger charge is -2.13. The minimum atomic E-state index is -0.717. The van der Waals surface area contributed by atoms with Gasteiger partial charge >= 0.3 is 0 Å². The van der Waals surface area contributed by atoms with E-state index in [2.05, 4.69) is 0 Å². The Morgan fingerprint density at radius 1 is 1.05 bits per heavy atom. The second-order valence-corrected chi connectivity index (χ2v) is 4.96. The van der Waals surface area contributed by atoms with E-state index in [1.807, 2.05) is 13.8 Å². The Hall–Kier alpha value is -2.23. The van der Waals surface area contributed by atoms with Crippen LogP contribution in [0.3, 0.4) is 0 Å². The van der Waals surface area contributed by atoms with E-state index in [0.29, 0.717) is 11.3 Å². The van der Waals surface area contributed by atoms with Gasteiger partial charge in [-0.25, -0.2) is 8.78 Å². The second-order valence-electron chi connectivity index (χ2n) is 4.96. The third-order valence-electron chi connectivity index (χ3n) is 2.95. The van der Waals surface area contributed by atoms with Gasteiger partial charge in [-0.05, 0) is 38.1 Å². The first-order valence-electron chi connectivity index (χ1n) is 6.71. The molecule has 2 nitrogen and oxygen atoms in total. The summed E-state index contributed by atoms with van der Waals surface area (Å²) in [6.07, 6.45) is -0.430. The highest BCUT2D eigenvalue weighted by Crippen LogP contribution is 2.22. The van der Waals surface area contributed by atoms with E-state index in [4.69, 9.17) is 4.74 Å². The number of rotatable bonds is 5. The van der Waals surface area contributed by atoms with E-state index in [0.717, 1.165) is 12.1 Å². The van der Waals surface area contributed by atoms with Gasteiger partial charge in [0.05, 0.1) is 11.7 Å². The molecule has 0 spiro atoms. The van der Waals surface area contributed by atoms with Crippen molar-refractivity contribution >= 4 is 5.78 Å². The van der Waals surface area contributed by atoms with E-state index in [1.54, 1.807) is 24.3 Å². The molecule has 0 N–H and O–H groups in total. The molecule has 0 saturated carbocycles. The van der Waals surface area contributed by atoms with Crippen LogP contribution in [0.1, 0.15) is 29.8 Å². The number of benzene rings is 2. The van der Waals surface area contributed by atoms with Crippen molar-refractivity contribution in [3.63, 3.8) is 0 Å². The molecule has 0 amide bonds. The summed E-state index contributed by atoms with van der Waals surface area (Å²) in [5.41, 5.74) is 0.107. The number of halogens is 2. The molecule has 21 heavy (non-hydrogen) atoms. The third-order valence-corrected chi connectivity index (χ3v) is 2.95. The molecule has 0 aliphatic rings. The van der Waals surface area contributed by atoms with Crippen LogP contribution in [0.2, 0.25) is 0 Å². The van der Waals surface area contributed by atoms with Crippen molar-refractivity contribution in [1.82, 2.24) is 0 Å². The summed E-state index contributed by atoms with van der Waals surface area (Å²) in [6, 6.07) is 10.3. The molecule has 0 heterocycles. The fraction of sp³-hybridized carbons (Fsp3) is 0.235. The zero-order chi connectivity index (χ0) is 15.4. The number of ether oxygens (including phenoxy) is 1. The van der Waals surface area contributed by atoms with Crippen molar-refractivity contribution in [3.05, 3.63) is 65.2 Å². The highest BCUT2D eigenvalue weighted by molar-refractivity contribution is 6.00. The number of hydrogen-bond donors (Lipinski definition) is 0. The van der Waals surface area contributed by atoms with Crippen molar-refractivity contribution in [2.75, 3.05) is 0 Å². The number of para-hydroxylation sites is 1. The quantitative estimate of drug-likeness (QED) is 0.772. The van der Waals surface area contributed by atoms with Crippen molar-refractivity contribution in [1.29, 1.82) is 0 Å². The summed E-state index contributed by atoms with van der Waals surface area (Å²) in [5.74, 6) is -1.39. The lowest BCUT2D eigenvalue weighted by molar-refractivity contribution is 0.0985. The maximum atomic E-state index is 13.6. The maximum Gasteiger partial charge on any atom is 0.171 e. The van der Waals surface area contributed by atoms with Gasteiger partial charge in [0.1, 0.15) is 17.4 Å². The van der Waals surface area contributed by atoms with Crippen LogP contribution >= 0.6 is 0 Å². The molecule has 0 saturated heterocycles. The fourth-order valence-corrected chi connectivity index (χ4v) is 2.01. The summed E-state index contributed by atoms with van der Waals surface area (Å²) in [6.45, 7) is 3.69. The Morgan fingerprint density at radius 2 is 1.67 bits per heavy atom. The molecule has 0 fully saturated rings. The number of ketones is 1. The van der Waals surface area contributed by atoms with E-state index >= 15 is 0 Å². The molecule has 4 heteroatoms. The summed E-state index contributed by atoms with van der Waals surface area (Å²) in [4.78, 5) is 12.3. The van der Waals surface area contributed by atoms with Crippen LogP contribution in [0.4, 0.5) is 8.78 Å². The number of Topliss-reactive ketones (excluding diaryl/α,β-unsaturated/α-hetero) is 1. The molecule has 0 aliphatic heterocycles. The maximum absolute atomic E-state index is 13.6. The van der Waals surface area contributed by atoms with Crippen molar-refractivity contribution in [3.8, 4) is 5.75 Å². The van der Waals surface area contributed by atoms with Gasteiger partial charge in [-0.2, -0.15) is 0 Å². The molecule has 0 aliphatic carbocycles. The topological polar surface area (TPSA) is 26.3 Å². The van der Waals surface area contributed by atoms with Crippen LogP contribution in [-0.4, -0.2) is 11.9 Å². The van der Waals surface area contributed by atoms with Gasteiger partial charge in [-0.1, -0.05) is 18.2 Å². The van der Waals surface area contributed by atoms with Crippen LogP contribution in [0.5, 0.6) is 5.75 Å². The Balaban J connectivity index is 2.29. The summed E-state index contributed by atoms with van der Waals surface area (Å²) >= 11 is 0. The molecule has 0 unspecified atom stereocenters. The SMILES string of the molecule is CC(C)Oc1ccccc1C(=O)Cc1c(F)cccc1F. The largest absolute Gasteiger partial charge is 0.490 e. The molecular weight excluding hydrogens is 274 g/mol. The predicted molar refractivity (Wildman–Crippen MR) is 76.6 cm³/mol. The summed E-state index contributed by atoms with van der Waals surface area (Å²) in [7, 11) is 0. The average molecular weight is 290 g/mol. The molecule has 2 aromatic rings. The standard InChI is InChI=1S/C17H16F2O2/c1-11(2)21-17-9-4-3-6-12(17)16(20)10-13-14(18)7-5-8-15(13)19/h3-9,11H,10H2,1-2H3. The van der Waals surface area contributed by atoms with Gasteiger partial charge in [0.25, 0.3) is 0 Å². The van der Waals surface area contributed by atoms with E-state index in [1.165, 1.54) is 6.07 Å². The van der Waals surface area contributed by atoms with Gasteiger partial charge in [-0.3, -0.25) is 4.79 Å². The van der Waals surface area contributed by atoms with Crippen LogP contribution in [0.15, 0.2) is 42.5 Å². The molecule has 0 aromatic heterocycles. The van der Waals surface area contributed by atoms with Gasteiger partial charge < -0.3 is 4.74 Å². The summed E-state index contributed by atoms with van der Waals surface area (Å²) in [5, 5.41) is 0. The normalized spacial score (nSPS) is 10.7. The van der Waals surface area contributed by atoms with Crippen molar-refractivity contribution < 1.29 is 18.3 Å². The first-order valence-corrected chi connectivity index (χ1v) is 6.71. The molecule has 0 radical (unpaired) electrons. The van der Waals surface area contributed by atoms with Crippen LogP contribution in [0, 0.1) is 11.6 Å². The van der Waals surface area contributed by atoms with E-state index in [-0.39, 0.29) is 23.9 Å². The van der Waals surface area contributed by atoms with Crippen LogP contribution in [0.25, 0.3) is 0 Å².